The number of nitrogens with zero attached hydrogens (tertiary/aromatic N) is 1. The van der Waals surface area contributed by atoms with Gasteiger partial charge in [-0.05, 0) is 37.3 Å². The Kier molecular flexibility index (Phi) is 4.27. The van der Waals surface area contributed by atoms with Crippen LogP contribution in [0.25, 0.3) is 0 Å². The minimum Gasteiger partial charge on any atom is -0.355 e. The van der Waals surface area contributed by atoms with Gasteiger partial charge in [0.1, 0.15) is 0 Å². The Hall–Kier alpha value is -2.76. The quantitative estimate of drug-likeness (QED) is 0.908. The first-order chi connectivity index (χ1) is 10.0. The predicted molar refractivity (Wildman–Crippen MR) is 76.7 cm³/mol. The Balaban J connectivity index is 2.16. The van der Waals surface area contributed by atoms with E-state index in [4.69, 9.17) is 0 Å². The molecule has 0 aliphatic rings. The highest BCUT2D eigenvalue weighted by atomic mass is 19.1. The number of hydrogen-bond donors (Lipinski definition) is 2. The molecule has 2 N–H and O–H groups in total. The van der Waals surface area contributed by atoms with Gasteiger partial charge in [-0.2, -0.15) is 0 Å². The van der Waals surface area contributed by atoms with E-state index in [9.17, 15) is 14.0 Å². The van der Waals surface area contributed by atoms with E-state index >= 15 is 0 Å². The average molecular weight is 287 g/mol. The average Bonchev–Trinajstić information content (AvgIpc) is 2.49. The lowest BCUT2D eigenvalue weighted by molar-refractivity contribution is 0.0962. The van der Waals surface area contributed by atoms with E-state index < -0.39 is 11.7 Å². The summed E-state index contributed by atoms with van der Waals surface area (Å²) in [7, 11) is 1.53. The summed E-state index contributed by atoms with van der Waals surface area (Å²) in [6, 6.07) is 7.68. The highest BCUT2D eigenvalue weighted by molar-refractivity contribution is 6.04. The van der Waals surface area contributed by atoms with Crippen molar-refractivity contribution in [2.75, 3.05) is 12.4 Å². The molecule has 0 aliphatic carbocycles. The molecule has 0 aliphatic heterocycles. The predicted octanol–water partition coefficient (Wildman–Crippen LogP) is 2.14. The molecule has 2 rings (SSSR count). The van der Waals surface area contributed by atoms with Crippen molar-refractivity contribution >= 4 is 17.5 Å². The second-order valence-electron chi connectivity index (χ2n) is 4.42. The van der Waals surface area contributed by atoms with Crippen molar-refractivity contribution in [2.24, 2.45) is 0 Å². The van der Waals surface area contributed by atoms with E-state index in [2.05, 4.69) is 15.6 Å². The molecule has 2 amide bonds. The zero-order valence-corrected chi connectivity index (χ0v) is 11.6. The maximum absolute atomic E-state index is 13.6. The summed E-state index contributed by atoms with van der Waals surface area (Å²) < 4.78 is 13.6. The topological polar surface area (TPSA) is 71.1 Å². The lowest BCUT2D eigenvalue weighted by atomic mass is 10.1. The number of amides is 2. The summed E-state index contributed by atoms with van der Waals surface area (Å²) >= 11 is 0. The number of hydrogen-bond acceptors (Lipinski definition) is 3. The van der Waals surface area contributed by atoms with Gasteiger partial charge in [-0.25, -0.2) is 4.39 Å². The molecular weight excluding hydrogens is 273 g/mol. The van der Waals surface area contributed by atoms with Gasteiger partial charge in [0, 0.05) is 24.0 Å². The molecule has 0 saturated heterocycles. The monoisotopic (exact) mass is 287 g/mol. The highest BCUT2D eigenvalue weighted by Gasteiger charge is 2.13. The number of aryl methyl sites for hydroxylation is 1. The van der Waals surface area contributed by atoms with Crippen molar-refractivity contribution in [2.45, 2.75) is 6.92 Å². The standard InChI is InChI=1S/C15H14FN3O2/c1-9-7-12(13(16)8-18-9)15(21)19-11-5-3-10(4-6-11)14(20)17-2/h3-8H,1-2H3,(H,17,20)(H,19,21). The van der Waals surface area contributed by atoms with Gasteiger partial charge in [0.25, 0.3) is 11.8 Å². The number of aromatic nitrogens is 1. The fourth-order valence-corrected chi connectivity index (χ4v) is 1.76. The smallest absolute Gasteiger partial charge is 0.258 e. The van der Waals surface area contributed by atoms with Crippen LogP contribution in [-0.4, -0.2) is 23.8 Å². The van der Waals surface area contributed by atoms with Crippen molar-refractivity contribution in [1.29, 1.82) is 0 Å². The molecule has 6 heteroatoms. The van der Waals surface area contributed by atoms with Crippen molar-refractivity contribution in [1.82, 2.24) is 10.3 Å². The molecule has 108 valence electrons. The van der Waals surface area contributed by atoms with Crippen LogP contribution in [0.1, 0.15) is 26.4 Å². The SMILES string of the molecule is CNC(=O)c1ccc(NC(=O)c2cc(C)ncc2F)cc1. The zero-order valence-electron chi connectivity index (χ0n) is 11.6. The third-order valence-corrected chi connectivity index (χ3v) is 2.87. The lowest BCUT2D eigenvalue weighted by Crippen LogP contribution is -2.18. The van der Waals surface area contributed by atoms with Gasteiger partial charge in [0.15, 0.2) is 5.82 Å². The van der Waals surface area contributed by atoms with Crippen LogP contribution in [0.2, 0.25) is 0 Å². The molecule has 0 bridgehead atoms. The second kappa shape index (κ2) is 6.13. The Morgan fingerprint density at radius 1 is 1.14 bits per heavy atom. The Morgan fingerprint density at radius 2 is 1.81 bits per heavy atom. The van der Waals surface area contributed by atoms with Crippen molar-refractivity contribution in [3.63, 3.8) is 0 Å². The molecule has 1 heterocycles. The first-order valence-electron chi connectivity index (χ1n) is 6.27. The fraction of sp³-hybridized carbons (Fsp3) is 0.133. The summed E-state index contributed by atoms with van der Waals surface area (Å²) in [5.74, 6) is -1.46. The summed E-state index contributed by atoms with van der Waals surface area (Å²) in [5, 5.41) is 5.07. The van der Waals surface area contributed by atoms with E-state index in [0.717, 1.165) is 6.20 Å². The van der Waals surface area contributed by atoms with E-state index in [-0.39, 0.29) is 11.5 Å². The Labute approximate surface area is 121 Å². The molecule has 0 unspecified atom stereocenters. The van der Waals surface area contributed by atoms with Crippen molar-refractivity contribution in [3.05, 3.63) is 59.2 Å². The van der Waals surface area contributed by atoms with Gasteiger partial charge in [-0.3, -0.25) is 14.6 Å². The normalized spacial score (nSPS) is 10.0. The van der Waals surface area contributed by atoms with Gasteiger partial charge in [0.2, 0.25) is 0 Å². The zero-order chi connectivity index (χ0) is 15.4. The van der Waals surface area contributed by atoms with E-state index in [0.29, 0.717) is 16.9 Å². The van der Waals surface area contributed by atoms with Crippen molar-refractivity contribution < 1.29 is 14.0 Å². The third kappa shape index (κ3) is 3.42. The van der Waals surface area contributed by atoms with E-state index in [1.165, 1.54) is 13.1 Å². The number of benzene rings is 1. The maximum Gasteiger partial charge on any atom is 0.258 e. The molecule has 0 spiro atoms. The molecule has 0 atom stereocenters. The van der Waals surface area contributed by atoms with Crippen LogP contribution in [0.15, 0.2) is 36.5 Å². The molecule has 0 fully saturated rings. The molecule has 0 radical (unpaired) electrons. The third-order valence-electron chi connectivity index (χ3n) is 2.87. The van der Waals surface area contributed by atoms with Gasteiger partial charge in [-0.1, -0.05) is 0 Å². The first-order valence-corrected chi connectivity index (χ1v) is 6.27. The summed E-state index contributed by atoms with van der Waals surface area (Å²) in [6.07, 6.45) is 1.01. The van der Waals surface area contributed by atoms with Crippen molar-refractivity contribution in [3.8, 4) is 0 Å². The molecule has 1 aromatic heterocycles. The number of carbonyl (C=O) groups is 2. The van der Waals surface area contributed by atoms with E-state index in [1.54, 1.807) is 31.2 Å². The summed E-state index contributed by atoms with van der Waals surface area (Å²) in [5.41, 5.74) is 1.43. The summed E-state index contributed by atoms with van der Waals surface area (Å²) in [6.45, 7) is 1.67. The van der Waals surface area contributed by atoms with Gasteiger partial charge in [0.05, 0.1) is 11.8 Å². The number of nitrogens with one attached hydrogen (secondary N) is 2. The summed E-state index contributed by atoms with van der Waals surface area (Å²) in [4.78, 5) is 27.2. The van der Waals surface area contributed by atoms with Crippen LogP contribution in [0.5, 0.6) is 0 Å². The fourth-order valence-electron chi connectivity index (χ4n) is 1.76. The van der Waals surface area contributed by atoms with Gasteiger partial charge < -0.3 is 10.6 Å². The lowest BCUT2D eigenvalue weighted by Gasteiger charge is -2.07. The molecule has 21 heavy (non-hydrogen) atoms. The maximum atomic E-state index is 13.6. The molecule has 2 aromatic rings. The largest absolute Gasteiger partial charge is 0.355 e. The second-order valence-corrected chi connectivity index (χ2v) is 4.42. The van der Waals surface area contributed by atoms with Crippen LogP contribution >= 0.6 is 0 Å². The van der Waals surface area contributed by atoms with Crippen LogP contribution in [0.3, 0.4) is 0 Å². The Bertz CT molecular complexity index is 684. The van der Waals surface area contributed by atoms with Gasteiger partial charge >= 0.3 is 0 Å². The number of anilines is 1. The molecule has 0 saturated carbocycles. The number of rotatable bonds is 3. The number of carbonyl (C=O) groups excluding carboxylic acids is 2. The Morgan fingerprint density at radius 3 is 2.43 bits per heavy atom. The van der Waals surface area contributed by atoms with E-state index in [1.807, 2.05) is 0 Å². The molecule has 1 aromatic carbocycles. The minimum absolute atomic E-state index is 0.0714. The minimum atomic E-state index is -0.680. The highest BCUT2D eigenvalue weighted by Crippen LogP contribution is 2.13. The van der Waals surface area contributed by atoms with Crippen LogP contribution < -0.4 is 10.6 Å². The molecular formula is C15H14FN3O2. The van der Waals surface area contributed by atoms with Crippen LogP contribution in [0, 0.1) is 12.7 Å². The number of halogens is 1. The van der Waals surface area contributed by atoms with Crippen LogP contribution in [0.4, 0.5) is 10.1 Å². The van der Waals surface area contributed by atoms with Gasteiger partial charge in [-0.15, -0.1) is 0 Å². The van der Waals surface area contributed by atoms with Crippen LogP contribution in [-0.2, 0) is 0 Å². The first kappa shape index (κ1) is 14.6. The number of pyridine rings is 1. The molecule has 5 nitrogen and oxygen atoms in total.